The zero-order chi connectivity index (χ0) is 17.8. The van der Waals surface area contributed by atoms with Crippen molar-refractivity contribution in [2.45, 2.75) is 32.9 Å². The Bertz CT molecular complexity index is 774. The van der Waals surface area contributed by atoms with Crippen LogP contribution in [-0.4, -0.2) is 23.3 Å². The molecule has 3 rings (SSSR count). The molecule has 0 aliphatic carbocycles. The number of nitrogens with one attached hydrogen (secondary N) is 1. The fraction of sp³-hybridized carbons (Fsp3) is 0.368. The molecular weight excluding hydrogens is 339 g/mol. The lowest BCUT2D eigenvalue weighted by Crippen LogP contribution is -2.45. The predicted molar refractivity (Wildman–Crippen MR) is 95.4 cm³/mol. The Morgan fingerprint density at radius 2 is 2.20 bits per heavy atom. The van der Waals surface area contributed by atoms with Crippen molar-refractivity contribution in [3.63, 3.8) is 0 Å². The largest absolute Gasteiger partial charge is 0.351 e. The average molecular weight is 360 g/mol. The molecule has 1 aromatic heterocycles. The molecule has 25 heavy (non-hydrogen) atoms. The second kappa shape index (κ2) is 7.78. The van der Waals surface area contributed by atoms with E-state index in [2.05, 4.69) is 5.32 Å². The molecule has 2 amide bonds. The highest BCUT2D eigenvalue weighted by Crippen LogP contribution is 2.21. The van der Waals surface area contributed by atoms with Gasteiger partial charge in [-0.15, -0.1) is 11.3 Å². The second-order valence-electron chi connectivity index (χ2n) is 6.37. The maximum atomic E-state index is 13.3. The topological polar surface area (TPSA) is 49.4 Å². The number of hydrogen-bond donors (Lipinski definition) is 1. The van der Waals surface area contributed by atoms with Crippen molar-refractivity contribution in [3.05, 3.63) is 57.5 Å². The lowest BCUT2D eigenvalue weighted by Gasteiger charge is -2.32. The summed E-state index contributed by atoms with van der Waals surface area (Å²) in [6, 6.07) is 10.3. The SMILES string of the molecule is Cc1ccc(CNC(=O)C2CCC(=O)N(Cc3cccc(F)c3)C2)s1. The van der Waals surface area contributed by atoms with Crippen molar-refractivity contribution in [3.8, 4) is 0 Å². The number of rotatable bonds is 5. The Hall–Kier alpha value is -2.21. The Morgan fingerprint density at radius 3 is 2.92 bits per heavy atom. The number of amides is 2. The van der Waals surface area contributed by atoms with Gasteiger partial charge in [-0.25, -0.2) is 4.39 Å². The number of thiophene rings is 1. The molecule has 1 fully saturated rings. The van der Waals surface area contributed by atoms with Gasteiger partial charge < -0.3 is 10.2 Å². The summed E-state index contributed by atoms with van der Waals surface area (Å²) < 4.78 is 13.3. The second-order valence-corrected chi connectivity index (χ2v) is 7.74. The fourth-order valence-corrected chi connectivity index (χ4v) is 3.87. The summed E-state index contributed by atoms with van der Waals surface area (Å²) in [5, 5.41) is 2.96. The number of carbonyl (C=O) groups is 2. The lowest BCUT2D eigenvalue weighted by molar-refractivity contribution is -0.138. The van der Waals surface area contributed by atoms with Crippen molar-refractivity contribution in [1.82, 2.24) is 10.2 Å². The molecule has 1 unspecified atom stereocenters. The van der Waals surface area contributed by atoms with Crippen LogP contribution in [0.15, 0.2) is 36.4 Å². The van der Waals surface area contributed by atoms with Crippen molar-refractivity contribution >= 4 is 23.2 Å². The van der Waals surface area contributed by atoms with Crippen molar-refractivity contribution in [2.75, 3.05) is 6.54 Å². The van der Waals surface area contributed by atoms with Gasteiger partial charge in [0.25, 0.3) is 0 Å². The zero-order valence-corrected chi connectivity index (χ0v) is 14.9. The van der Waals surface area contributed by atoms with E-state index in [9.17, 15) is 14.0 Å². The maximum Gasteiger partial charge on any atom is 0.225 e. The Kier molecular flexibility index (Phi) is 5.48. The van der Waals surface area contributed by atoms with Crippen LogP contribution < -0.4 is 5.32 Å². The van der Waals surface area contributed by atoms with Crippen LogP contribution in [0.5, 0.6) is 0 Å². The smallest absolute Gasteiger partial charge is 0.225 e. The maximum absolute atomic E-state index is 13.3. The number of halogens is 1. The van der Waals surface area contributed by atoms with Gasteiger partial charge in [-0.05, 0) is 43.2 Å². The van der Waals surface area contributed by atoms with Crippen molar-refractivity contribution in [1.29, 1.82) is 0 Å². The van der Waals surface area contributed by atoms with E-state index in [0.29, 0.717) is 32.5 Å². The van der Waals surface area contributed by atoms with Gasteiger partial charge in [-0.2, -0.15) is 0 Å². The molecule has 4 nitrogen and oxygen atoms in total. The molecule has 0 radical (unpaired) electrons. The summed E-state index contributed by atoms with van der Waals surface area (Å²) >= 11 is 1.67. The summed E-state index contributed by atoms with van der Waals surface area (Å²) in [5.74, 6) is -0.542. The van der Waals surface area contributed by atoms with Gasteiger partial charge in [0.15, 0.2) is 0 Å². The molecule has 1 atom stereocenters. The van der Waals surface area contributed by atoms with Crippen LogP contribution in [0.25, 0.3) is 0 Å². The highest BCUT2D eigenvalue weighted by molar-refractivity contribution is 7.11. The van der Waals surface area contributed by atoms with E-state index < -0.39 is 0 Å². The highest BCUT2D eigenvalue weighted by Gasteiger charge is 2.30. The first-order chi connectivity index (χ1) is 12.0. The number of carbonyl (C=O) groups excluding carboxylic acids is 2. The third-order valence-corrected chi connectivity index (χ3v) is 5.37. The number of likely N-dealkylation sites (tertiary alicyclic amines) is 1. The number of aryl methyl sites for hydroxylation is 1. The first-order valence-electron chi connectivity index (χ1n) is 8.36. The quantitative estimate of drug-likeness (QED) is 0.890. The third-order valence-electron chi connectivity index (χ3n) is 4.37. The van der Waals surface area contributed by atoms with Crippen molar-refractivity contribution < 1.29 is 14.0 Å². The average Bonchev–Trinajstić information content (AvgIpc) is 3.00. The first kappa shape index (κ1) is 17.6. The Balaban J connectivity index is 1.57. The van der Waals surface area contributed by atoms with Gasteiger partial charge in [0.1, 0.15) is 5.82 Å². The summed E-state index contributed by atoms with van der Waals surface area (Å²) in [4.78, 5) is 28.6. The monoisotopic (exact) mass is 360 g/mol. The van der Waals surface area contributed by atoms with Crippen LogP contribution in [0.2, 0.25) is 0 Å². The van der Waals surface area contributed by atoms with Gasteiger partial charge in [-0.3, -0.25) is 9.59 Å². The molecule has 0 bridgehead atoms. The predicted octanol–water partition coefficient (Wildman–Crippen LogP) is 3.25. The van der Waals surface area contributed by atoms with Crippen LogP contribution in [0, 0.1) is 18.7 Å². The van der Waals surface area contributed by atoms with Crippen LogP contribution in [0.4, 0.5) is 4.39 Å². The molecule has 2 aromatic rings. The van der Waals surface area contributed by atoms with Gasteiger partial charge >= 0.3 is 0 Å². The minimum atomic E-state index is -0.317. The minimum absolute atomic E-state index is 0.0159. The first-order valence-corrected chi connectivity index (χ1v) is 9.18. The van der Waals surface area contributed by atoms with Crippen LogP contribution in [0.1, 0.15) is 28.2 Å². The lowest BCUT2D eigenvalue weighted by atomic mass is 9.96. The standard InChI is InChI=1S/C19H21FN2O2S/c1-13-5-7-17(25-13)10-21-19(24)15-6-8-18(23)22(12-15)11-14-3-2-4-16(20)9-14/h2-5,7,9,15H,6,8,10-12H2,1H3,(H,21,24). The Labute approximate surface area is 150 Å². The molecule has 132 valence electrons. The summed E-state index contributed by atoms with van der Waals surface area (Å²) in [6.45, 7) is 3.27. The minimum Gasteiger partial charge on any atom is -0.351 e. The molecular formula is C19H21FN2O2S. The molecule has 1 saturated heterocycles. The Morgan fingerprint density at radius 1 is 1.36 bits per heavy atom. The van der Waals surface area contributed by atoms with E-state index in [0.717, 1.165) is 10.4 Å². The highest BCUT2D eigenvalue weighted by atomic mass is 32.1. The molecule has 0 spiro atoms. The molecule has 1 N–H and O–H groups in total. The third kappa shape index (κ3) is 4.66. The number of piperidine rings is 1. The summed E-state index contributed by atoms with van der Waals surface area (Å²) in [7, 11) is 0. The van der Waals surface area contributed by atoms with Gasteiger partial charge in [0.2, 0.25) is 11.8 Å². The van der Waals surface area contributed by atoms with E-state index in [1.807, 2.05) is 19.1 Å². The number of nitrogens with zero attached hydrogens (tertiary/aromatic N) is 1. The van der Waals surface area contributed by atoms with E-state index in [1.165, 1.54) is 17.0 Å². The zero-order valence-electron chi connectivity index (χ0n) is 14.1. The van der Waals surface area contributed by atoms with Gasteiger partial charge in [0, 0.05) is 29.3 Å². The molecule has 1 aliphatic rings. The molecule has 0 saturated carbocycles. The molecule has 1 aromatic carbocycles. The van der Waals surface area contributed by atoms with Crippen LogP contribution in [0.3, 0.4) is 0 Å². The fourth-order valence-electron chi connectivity index (χ4n) is 3.04. The summed E-state index contributed by atoms with van der Waals surface area (Å²) in [5.41, 5.74) is 0.739. The van der Waals surface area contributed by atoms with Crippen LogP contribution >= 0.6 is 11.3 Å². The number of benzene rings is 1. The normalized spacial score (nSPS) is 17.6. The molecule has 2 heterocycles. The molecule has 1 aliphatic heterocycles. The number of hydrogen-bond acceptors (Lipinski definition) is 3. The summed E-state index contributed by atoms with van der Waals surface area (Å²) in [6.07, 6.45) is 0.916. The van der Waals surface area contributed by atoms with E-state index >= 15 is 0 Å². The van der Waals surface area contributed by atoms with Crippen molar-refractivity contribution in [2.24, 2.45) is 5.92 Å². The van der Waals surface area contributed by atoms with Crippen LogP contribution in [-0.2, 0) is 22.7 Å². The van der Waals surface area contributed by atoms with E-state index in [1.54, 1.807) is 28.4 Å². The van der Waals surface area contributed by atoms with E-state index in [-0.39, 0.29) is 23.5 Å². The van der Waals surface area contributed by atoms with Gasteiger partial charge in [0.05, 0.1) is 12.5 Å². The molecule has 6 heteroatoms. The van der Waals surface area contributed by atoms with E-state index in [4.69, 9.17) is 0 Å². The van der Waals surface area contributed by atoms with Gasteiger partial charge in [-0.1, -0.05) is 12.1 Å².